The number of rotatable bonds is 5. The third kappa shape index (κ3) is 3.90. The highest BCUT2D eigenvalue weighted by atomic mass is 19.1. The molecule has 104 valence electrons. The number of carbonyl (C=O) groups is 1. The molecule has 0 bridgehead atoms. The van der Waals surface area contributed by atoms with Crippen molar-refractivity contribution in [1.82, 2.24) is 0 Å². The van der Waals surface area contributed by atoms with Crippen LogP contribution in [0, 0.1) is 5.82 Å². The van der Waals surface area contributed by atoms with Gasteiger partial charge in [0.2, 0.25) is 0 Å². The standard InChI is InChI=1S/C16H17FN2O/c17-14-8-6-13(7-9-14)16(20)19-15-5-1-3-12(11-15)4-2-10-18/h1,3,5-9,11H,2,4,10,18H2,(H,19,20). The Labute approximate surface area is 117 Å². The zero-order valence-electron chi connectivity index (χ0n) is 11.1. The molecule has 1 amide bonds. The highest BCUT2D eigenvalue weighted by Crippen LogP contribution is 2.14. The highest BCUT2D eigenvalue weighted by Gasteiger charge is 2.06. The van der Waals surface area contributed by atoms with Gasteiger partial charge in [-0.25, -0.2) is 4.39 Å². The molecular formula is C16H17FN2O. The second-order valence-electron chi connectivity index (χ2n) is 4.55. The van der Waals surface area contributed by atoms with Crippen LogP contribution in [0.2, 0.25) is 0 Å². The summed E-state index contributed by atoms with van der Waals surface area (Å²) in [5, 5.41) is 2.80. The fraction of sp³-hybridized carbons (Fsp3) is 0.188. The molecule has 2 aromatic rings. The lowest BCUT2D eigenvalue weighted by molar-refractivity contribution is 0.102. The van der Waals surface area contributed by atoms with Gasteiger partial charge in [0.1, 0.15) is 5.82 Å². The summed E-state index contributed by atoms with van der Waals surface area (Å²) in [6, 6.07) is 13.1. The summed E-state index contributed by atoms with van der Waals surface area (Å²) in [5.41, 5.74) is 7.77. The molecule has 0 unspecified atom stereocenters. The van der Waals surface area contributed by atoms with Gasteiger partial charge in [0.05, 0.1) is 0 Å². The predicted octanol–water partition coefficient (Wildman–Crippen LogP) is 2.97. The monoisotopic (exact) mass is 272 g/mol. The van der Waals surface area contributed by atoms with Gasteiger partial charge >= 0.3 is 0 Å². The number of nitrogens with one attached hydrogen (secondary N) is 1. The molecule has 0 atom stereocenters. The van der Waals surface area contributed by atoms with E-state index in [-0.39, 0.29) is 11.7 Å². The SMILES string of the molecule is NCCCc1cccc(NC(=O)c2ccc(F)cc2)c1. The summed E-state index contributed by atoms with van der Waals surface area (Å²) in [7, 11) is 0. The Morgan fingerprint density at radius 3 is 2.60 bits per heavy atom. The molecule has 0 aliphatic carbocycles. The van der Waals surface area contributed by atoms with Crippen molar-refractivity contribution >= 4 is 11.6 Å². The maximum atomic E-state index is 12.8. The number of hydrogen-bond acceptors (Lipinski definition) is 2. The van der Waals surface area contributed by atoms with E-state index >= 15 is 0 Å². The number of halogens is 1. The van der Waals surface area contributed by atoms with Crippen LogP contribution in [0.25, 0.3) is 0 Å². The summed E-state index contributed by atoms with van der Waals surface area (Å²) in [5.74, 6) is -0.605. The van der Waals surface area contributed by atoms with Crippen molar-refractivity contribution in [2.24, 2.45) is 5.73 Å². The minimum Gasteiger partial charge on any atom is -0.330 e. The number of amides is 1. The molecule has 3 nitrogen and oxygen atoms in total. The van der Waals surface area contributed by atoms with E-state index in [0.29, 0.717) is 12.1 Å². The molecule has 0 saturated carbocycles. The first-order valence-corrected chi connectivity index (χ1v) is 6.55. The van der Waals surface area contributed by atoms with E-state index in [0.717, 1.165) is 24.1 Å². The van der Waals surface area contributed by atoms with Crippen molar-refractivity contribution < 1.29 is 9.18 Å². The van der Waals surface area contributed by atoms with E-state index in [1.165, 1.54) is 24.3 Å². The first-order valence-electron chi connectivity index (χ1n) is 6.55. The number of nitrogens with two attached hydrogens (primary N) is 1. The molecule has 0 aromatic heterocycles. The first kappa shape index (κ1) is 14.2. The lowest BCUT2D eigenvalue weighted by atomic mass is 10.1. The number of carbonyl (C=O) groups excluding carboxylic acids is 1. The Balaban J connectivity index is 2.05. The van der Waals surface area contributed by atoms with Gasteiger partial charge in [-0.1, -0.05) is 12.1 Å². The van der Waals surface area contributed by atoms with Crippen molar-refractivity contribution in [1.29, 1.82) is 0 Å². The van der Waals surface area contributed by atoms with Gasteiger partial charge in [-0.05, 0) is 61.3 Å². The van der Waals surface area contributed by atoms with Crippen molar-refractivity contribution in [2.75, 3.05) is 11.9 Å². The van der Waals surface area contributed by atoms with Crippen LogP contribution in [-0.4, -0.2) is 12.5 Å². The Hall–Kier alpha value is -2.20. The predicted molar refractivity (Wildman–Crippen MR) is 78.2 cm³/mol. The Morgan fingerprint density at radius 1 is 1.15 bits per heavy atom. The molecule has 0 aliphatic rings. The lowest BCUT2D eigenvalue weighted by Gasteiger charge is -2.07. The van der Waals surface area contributed by atoms with E-state index in [1.54, 1.807) is 0 Å². The number of anilines is 1. The van der Waals surface area contributed by atoms with E-state index in [9.17, 15) is 9.18 Å². The molecular weight excluding hydrogens is 255 g/mol. The van der Waals surface area contributed by atoms with E-state index in [1.807, 2.05) is 24.3 Å². The maximum Gasteiger partial charge on any atom is 0.255 e. The number of aryl methyl sites for hydroxylation is 1. The van der Waals surface area contributed by atoms with Gasteiger partial charge in [-0.2, -0.15) is 0 Å². The van der Waals surface area contributed by atoms with Gasteiger partial charge in [-0.15, -0.1) is 0 Å². The smallest absolute Gasteiger partial charge is 0.255 e. The van der Waals surface area contributed by atoms with Crippen LogP contribution in [0.3, 0.4) is 0 Å². The second kappa shape index (κ2) is 6.82. The van der Waals surface area contributed by atoms with Crippen LogP contribution in [0.5, 0.6) is 0 Å². The van der Waals surface area contributed by atoms with Crippen LogP contribution < -0.4 is 11.1 Å². The normalized spacial score (nSPS) is 10.3. The van der Waals surface area contributed by atoms with Crippen molar-refractivity contribution in [3.05, 3.63) is 65.5 Å². The van der Waals surface area contributed by atoms with Crippen LogP contribution in [0.1, 0.15) is 22.3 Å². The summed E-state index contributed by atoms with van der Waals surface area (Å²) >= 11 is 0. The van der Waals surface area contributed by atoms with E-state index < -0.39 is 0 Å². The molecule has 3 N–H and O–H groups in total. The van der Waals surface area contributed by atoms with Gasteiger partial charge in [-0.3, -0.25) is 4.79 Å². The van der Waals surface area contributed by atoms with Crippen LogP contribution in [0.4, 0.5) is 10.1 Å². The Kier molecular flexibility index (Phi) is 4.85. The van der Waals surface area contributed by atoms with E-state index in [4.69, 9.17) is 5.73 Å². The largest absolute Gasteiger partial charge is 0.330 e. The Morgan fingerprint density at radius 2 is 1.90 bits per heavy atom. The van der Waals surface area contributed by atoms with Gasteiger partial charge < -0.3 is 11.1 Å². The van der Waals surface area contributed by atoms with E-state index in [2.05, 4.69) is 5.32 Å². The third-order valence-electron chi connectivity index (χ3n) is 2.96. The number of hydrogen-bond donors (Lipinski definition) is 2. The summed E-state index contributed by atoms with van der Waals surface area (Å²) in [4.78, 5) is 12.0. The molecule has 4 heteroatoms. The zero-order valence-corrected chi connectivity index (χ0v) is 11.1. The fourth-order valence-corrected chi connectivity index (χ4v) is 1.92. The van der Waals surface area contributed by atoms with Gasteiger partial charge in [0.15, 0.2) is 0 Å². The van der Waals surface area contributed by atoms with Crippen molar-refractivity contribution in [2.45, 2.75) is 12.8 Å². The minimum atomic E-state index is -0.356. The van der Waals surface area contributed by atoms with Crippen molar-refractivity contribution in [3.63, 3.8) is 0 Å². The average molecular weight is 272 g/mol. The quantitative estimate of drug-likeness (QED) is 0.879. The molecule has 0 heterocycles. The molecule has 2 rings (SSSR count). The summed E-state index contributed by atoms with van der Waals surface area (Å²) in [6.45, 7) is 0.645. The topological polar surface area (TPSA) is 55.1 Å². The van der Waals surface area contributed by atoms with Crippen molar-refractivity contribution in [3.8, 4) is 0 Å². The molecule has 0 fully saturated rings. The molecule has 20 heavy (non-hydrogen) atoms. The molecule has 0 saturated heterocycles. The fourth-order valence-electron chi connectivity index (χ4n) is 1.92. The summed E-state index contributed by atoms with van der Waals surface area (Å²) < 4.78 is 12.8. The average Bonchev–Trinajstić information content (AvgIpc) is 2.46. The third-order valence-corrected chi connectivity index (χ3v) is 2.96. The zero-order chi connectivity index (χ0) is 14.4. The lowest BCUT2D eigenvalue weighted by Crippen LogP contribution is -2.12. The molecule has 2 aromatic carbocycles. The maximum absolute atomic E-state index is 12.8. The molecule has 0 aliphatic heterocycles. The van der Waals surface area contributed by atoms with Gasteiger partial charge in [0.25, 0.3) is 5.91 Å². The van der Waals surface area contributed by atoms with Crippen LogP contribution in [0.15, 0.2) is 48.5 Å². The van der Waals surface area contributed by atoms with Crippen LogP contribution >= 0.6 is 0 Å². The first-order chi connectivity index (χ1) is 9.69. The number of benzene rings is 2. The summed E-state index contributed by atoms with van der Waals surface area (Å²) in [6.07, 6.45) is 1.80. The minimum absolute atomic E-state index is 0.249. The molecule has 0 radical (unpaired) electrons. The molecule has 0 spiro atoms. The second-order valence-corrected chi connectivity index (χ2v) is 4.55. The Bertz CT molecular complexity index is 581. The van der Waals surface area contributed by atoms with Gasteiger partial charge in [0, 0.05) is 11.3 Å². The van der Waals surface area contributed by atoms with Crippen LogP contribution in [-0.2, 0) is 6.42 Å². The highest BCUT2D eigenvalue weighted by molar-refractivity contribution is 6.04.